The van der Waals surface area contributed by atoms with Crippen molar-refractivity contribution in [3.63, 3.8) is 0 Å². The van der Waals surface area contributed by atoms with Gasteiger partial charge in [-0.2, -0.15) is 5.10 Å². The standard InChI is InChI=1S/C23H25Cl2N3O2/c1-4-11-27(12-5-2)23(29)22-15-21(16-7-6-8-18(13-16)30-3)26-28(22)17-9-10-19(24)20(25)14-17/h6-10,13-15H,4-5,11-12H2,1-3H3. The fraction of sp³-hybridized carbons (Fsp3) is 0.304. The number of carbonyl (C=O) groups excluding carboxylic acids is 1. The first-order valence-corrected chi connectivity index (χ1v) is 10.7. The zero-order chi connectivity index (χ0) is 21.7. The Kier molecular flexibility index (Phi) is 7.40. The maximum absolute atomic E-state index is 13.4. The van der Waals surface area contributed by atoms with Crippen LogP contribution in [0.25, 0.3) is 16.9 Å². The Hall–Kier alpha value is -2.50. The summed E-state index contributed by atoms with van der Waals surface area (Å²) in [5.41, 5.74) is 2.69. The molecular formula is C23H25Cl2N3O2. The van der Waals surface area contributed by atoms with Crippen LogP contribution in [0.4, 0.5) is 0 Å². The summed E-state index contributed by atoms with van der Waals surface area (Å²) in [6, 6.07) is 14.6. The first-order chi connectivity index (χ1) is 14.5. The zero-order valence-corrected chi connectivity index (χ0v) is 18.9. The van der Waals surface area contributed by atoms with Crippen molar-refractivity contribution in [1.82, 2.24) is 14.7 Å². The van der Waals surface area contributed by atoms with Crippen LogP contribution >= 0.6 is 23.2 Å². The average Bonchev–Trinajstić information content (AvgIpc) is 3.20. The second-order valence-corrected chi connectivity index (χ2v) is 7.76. The zero-order valence-electron chi connectivity index (χ0n) is 17.4. The Morgan fingerprint density at radius 3 is 2.40 bits per heavy atom. The quantitative estimate of drug-likeness (QED) is 0.419. The molecule has 5 nitrogen and oxygen atoms in total. The summed E-state index contributed by atoms with van der Waals surface area (Å²) in [5, 5.41) is 5.59. The van der Waals surface area contributed by atoms with E-state index in [4.69, 9.17) is 33.0 Å². The molecule has 158 valence electrons. The summed E-state index contributed by atoms with van der Waals surface area (Å²) >= 11 is 12.3. The average molecular weight is 446 g/mol. The Morgan fingerprint density at radius 1 is 1.03 bits per heavy atom. The largest absolute Gasteiger partial charge is 0.497 e. The molecule has 3 aromatic rings. The maximum atomic E-state index is 13.4. The van der Waals surface area contributed by atoms with E-state index in [1.54, 1.807) is 30.0 Å². The number of halogens is 2. The van der Waals surface area contributed by atoms with Gasteiger partial charge in [0.05, 0.1) is 28.5 Å². The minimum Gasteiger partial charge on any atom is -0.497 e. The highest BCUT2D eigenvalue weighted by atomic mass is 35.5. The van der Waals surface area contributed by atoms with E-state index in [0.29, 0.717) is 40.2 Å². The third kappa shape index (κ3) is 4.79. The molecule has 0 radical (unpaired) electrons. The van der Waals surface area contributed by atoms with E-state index < -0.39 is 0 Å². The summed E-state index contributed by atoms with van der Waals surface area (Å²) < 4.78 is 6.97. The Bertz CT molecular complexity index is 1030. The van der Waals surface area contributed by atoms with Crippen LogP contribution in [0.15, 0.2) is 48.5 Å². The van der Waals surface area contributed by atoms with Crippen molar-refractivity contribution in [3.8, 4) is 22.7 Å². The Morgan fingerprint density at radius 2 is 1.77 bits per heavy atom. The molecule has 0 unspecified atom stereocenters. The molecule has 1 aromatic heterocycles. The predicted octanol–water partition coefficient (Wildman–Crippen LogP) is 6.12. The van der Waals surface area contributed by atoms with Gasteiger partial charge in [-0.15, -0.1) is 0 Å². The van der Waals surface area contributed by atoms with Gasteiger partial charge < -0.3 is 9.64 Å². The fourth-order valence-corrected chi connectivity index (χ4v) is 3.58. The van der Waals surface area contributed by atoms with Gasteiger partial charge in [0.1, 0.15) is 11.4 Å². The van der Waals surface area contributed by atoms with E-state index >= 15 is 0 Å². The second kappa shape index (κ2) is 10.0. The Labute approximate surface area is 187 Å². The number of amides is 1. The van der Waals surface area contributed by atoms with Crippen LogP contribution in [0.3, 0.4) is 0 Å². The monoisotopic (exact) mass is 445 g/mol. The molecule has 7 heteroatoms. The van der Waals surface area contributed by atoms with Gasteiger partial charge in [0.15, 0.2) is 0 Å². The van der Waals surface area contributed by atoms with Crippen LogP contribution in [0, 0.1) is 0 Å². The molecule has 0 saturated heterocycles. The molecule has 30 heavy (non-hydrogen) atoms. The number of ether oxygens (including phenoxy) is 1. The van der Waals surface area contributed by atoms with Crippen molar-refractivity contribution in [1.29, 1.82) is 0 Å². The van der Waals surface area contributed by atoms with Crippen molar-refractivity contribution >= 4 is 29.1 Å². The van der Waals surface area contributed by atoms with E-state index in [1.807, 2.05) is 35.2 Å². The minimum atomic E-state index is -0.0635. The van der Waals surface area contributed by atoms with Crippen LogP contribution in [0.2, 0.25) is 10.0 Å². The molecule has 0 saturated carbocycles. The van der Waals surface area contributed by atoms with Crippen molar-refractivity contribution < 1.29 is 9.53 Å². The SMILES string of the molecule is CCCN(CCC)C(=O)c1cc(-c2cccc(OC)c2)nn1-c1ccc(Cl)c(Cl)c1. The fourth-order valence-electron chi connectivity index (χ4n) is 3.29. The number of methoxy groups -OCH3 is 1. The first-order valence-electron chi connectivity index (χ1n) is 9.97. The van der Waals surface area contributed by atoms with Crippen LogP contribution in [-0.4, -0.2) is 40.8 Å². The second-order valence-electron chi connectivity index (χ2n) is 6.95. The molecule has 0 spiro atoms. The highest BCUT2D eigenvalue weighted by Crippen LogP contribution is 2.29. The molecule has 0 N–H and O–H groups in total. The third-order valence-electron chi connectivity index (χ3n) is 4.72. The summed E-state index contributed by atoms with van der Waals surface area (Å²) in [6.45, 7) is 5.50. The van der Waals surface area contributed by atoms with Crippen LogP contribution in [0.1, 0.15) is 37.2 Å². The number of hydrogen-bond donors (Lipinski definition) is 0. The summed E-state index contributed by atoms with van der Waals surface area (Å²) in [5.74, 6) is 0.662. The van der Waals surface area contributed by atoms with Crippen molar-refractivity contribution in [3.05, 3.63) is 64.3 Å². The molecule has 0 atom stereocenters. The van der Waals surface area contributed by atoms with Gasteiger partial charge in [0, 0.05) is 18.7 Å². The lowest BCUT2D eigenvalue weighted by molar-refractivity contribution is 0.0746. The van der Waals surface area contributed by atoms with Gasteiger partial charge in [-0.3, -0.25) is 4.79 Å². The number of aromatic nitrogens is 2. The Balaban J connectivity index is 2.13. The van der Waals surface area contributed by atoms with Crippen LogP contribution < -0.4 is 4.74 Å². The smallest absolute Gasteiger partial charge is 0.272 e. The maximum Gasteiger partial charge on any atom is 0.272 e. The molecule has 0 aliphatic carbocycles. The number of rotatable bonds is 8. The van der Waals surface area contributed by atoms with Gasteiger partial charge in [0.2, 0.25) is 0 Å². The van der Waals surface area contributed by atoms with Gasteiger partial charge >= 0.3 is 0 Å². The molecule has 1 heterocycles. The van der Waals surface area contributed by atoms with E-state index in [2.05, 4.69) is 13.8 Å². The number of hydrogen-bond acceptors (Lipinski definition) is 3. The van der Waals surface area contributed by atoms with E-state index in [9.17, 15) is 4.79 Å². The van der Waals surface area contributed by atoms with Gasteiger partial charge in [-0.1, -0.05) is 49.2 Å². The molecule has 2 aromatic carbocycles. The number of benzene rings is 2. The molecular weight excluding hydrogens is 421 g/mol. The highest BCUT2D eigenvalue weighted by Gasteiger charge is 2.22. The third-order valence-corrected chi connectivity index (χ3v) is 5.46. The first kappa shape index (κ1) is 22.2. The van der Waals surface area contributed by atoms with Crippen molar-refractivity contribution in [2.24, 2.45) is 0 Å². The van der Waals surface area contributed by atoms with Crippen molar-refractivity contribution in [2.45, 2.75) is 26.7 Å². The molecule has 0 bridgehead atoms. The summed E-state index contributed by atoms with van der Waals surface area (Å²) in [7, 11) is 1.62. The highest BCUT2D eigenvalue weighted by molar-refractivity contribution is 6.42. The summed E-state index contributed by atoms with van der Waals surface area (Å²) in [4.78, 5) is 15.3. The molecule has 0 fully saturated rings. The lowest BCUT2D eigenvalue weighted by Crippen LogP contribution is -2.33. The van der Waals surface area contributed by atoms with Crippen LogP contribution in [0.5, 0.6) is 5.75 Å². The van der Waals surface area contributed by atoms with Gasteiger partial charge in [0.25, 0.3) is 5.91 Å². The van der Waals surface area contributed by atoms with E-state index in [1.165, 1.54) is 0 Å². The number of nitrogens with zero attached hydrogens (tertiary/aromatic N) is 3. The molecule has 3 rings (SSSR count). The van der Waals surface area contributed by atoms with E-state index in [0.717, 1.165) is 24.2 Å². The lowest BCUT2D eigenvalue weighted by atomic mass is 10.1. The molecule has 0 aliphatic rings. The predicted molar refractivity (Wildman–Crippen MR) is 122 cm³/mol. The van der Waals surface area contributed by atoms with Crippen LogP contribution in [-0.2, 0) is 0 Å². The molecule has 1 amide bonds. The number of carbonyl (C=O) groups is 1. The normalized spacial score (nSPS) is 10.8. The lowest BCUT2D eigenvalue weighted by Gasteiger charge is -2.21. The minimum absolute atomic E-state index is 0.0635. The summed E-state index contributed by atoms with van der Waals surface area (Å²) in [6.07, 6.45) is 1.77. The molecule has 0 aliphatic heterocycles. The van der Waals surface area contributed by atoms with E-state index in [-0.39, 0.29) is 5.91 Å². The van der Waals surface area contributed by atoms with Crippen molar-refractivity contribution in [2.75, 3.05) is 20.2 Å². The van der Waals surface area contributed by atoms with Gasteiger partial charge in [-0.05, 0) is 49.2 Å². The topological polar surface area (TPSA) is 47.4 Å². The van der Waals surface area contributed by atoms with Gasteiger partial charge in [-0.25, -0.2) is 4.68 Å².